The first-order valence-corrected chi connectivity index (χ1v) is 7.33. The van der Waals surface area contributed by atoms with Gasteiger partial charge in [-0.15, -0.1) is 5.10 Å². The molecular weight excluding hydrogens is 334 g/mol. The predicted octanol–water partition coefficient (Wildman–Crippen LogP) is 2.94. The zero-order chi connectivity index (χ0) is 17.5. The van der Waals surface area contributed by atoms with E-state index in [-0.39, 0.29) is 12.3 Å². The molecule has 2 rings (SSSR count). The number of carboxylic acids is 1. The van der Waals surface area contributed by atoms with Crippen LogP contribution in [0.4, 0.5) is 0 Å². The maximum absolute atomic E-state index is 11.0. The second-order valence-electron chi connectivity index (χ2n) is 4.82. The van der Waals surface area contributed by atoms with Crippen LogP contribution in [0.15, 0.2) is 53.3 Å². The number of hydrogen-bond acceptors (Lipinski definition) is 5. The molecule has 2 aromatic rings. The molecular formula is C16H16ClN3O4. The molecule has 0 saturated carbocycles. The molecule has 1 N–H and O–H groups in total. The Bertz CT molecular complexity index is 766. The molecule has 0 amide bonds. The second kappa shape index (κ2) is 8.16. The van der Waals surface area contributed by atoms with Crippen molar-refractivity contribution in [3.8, 4) is 11.6 Å². The van der Waals surface area contributed by atoms with Gasteiger partial charge < -0.3 is 14.7 Å². The fraction of sp³-hybridized carbons (Fsp3) is 0.188. The zero-order valence-corrected chi connectivity index (χ0v) is 13.9. The Balaban J connectivity index is 2.01. The molecule has 0 aliphatic carbocycles. The summed E-state index contributed by atoms with van der Waals surface area (Å²) in [7, 11) is 1.28. The Hall–Kier alpha value is -2.80. The number of halogens is 1. The second-order valence-corrected chi connectivity index (χ2v) is 5.26. The van der Waals surface area contributed by atoms with Gasteiger partial charge in [0.2, 0.25) is 5.88 Å². The Morgan fingerprint density at radius 3 is 2.71 bits per heavy atom. The molecule has 0 aliphatic rings. The van der Waals surface area contributed by atoms with Gasteiger partial charge in [-0.1, -0.05) is 16.8 Å². The SMILES string of the molecule is CON=C(C=C(C)COc1ccn(-c2ccc(Cl)cc2)n1)C(=O)O. The first-order valence-electron chi connectivity index (χ1n) is 6.95. The van der Waals surface area contributed by atoms with Crippen molar-refractivity contribution in [2.45, 2.75) is 6.92 Å². The summed E-state index contributed by atoms with van der Waals surface area (Å²) in [5.41, 5.74) is 1.31. The summed E-state index contributed by atoms with van der Waals surface area (Å²) in [6.45, 7) is 1.90. The first-order chi connectivity index (χ1) is 11.5. The van der Waals surface area contributed by atoms with Crippen molar-refractivity contribution < 1.29 is 19.5 Å². The molecule has 0 spiro atoms. The van der Waals surface area contributed by atoms with E-state index in [2.05, 4.69) is 15.1 Å². The number of carbonyl (C=O) groups is 1. The fourth-order valence-electron chi connectivity index (χ4n) is 1.81. The molecule has 1 aromatic carbocycles. The van der Waals surface area contributed by atoms with E-state index in [9.17, 15) is 4.79 Å². The first kappa shape index (κ1) is 17.6. The number of nitrogens with zero attached hydrogens (tertiary/aromatic N) is 3. The minimum absolute atomic E-state index is 0.174. The van der Waals surface area contributed by atoms with Crippen LogP contribution < -0.4 is 4.74 Å². The Labute approximate surface area is 143 Å². The van der Waals surface area contributed by atoms with Crippen LogP contribution >= 0.6 is 11.6 Å². The number of hydrogen-bond donors (Lipinski definition) is 1. The molecule has 7 nitrogen and oxygen atoms in total. The van der Waals surface area contributed by atoms with E-state index < -0.39 is 5.97 Å². The van der Waals surface area contributed by atoms with E-state index in [4.69, 9.17) is 21.4 Å². The molecule has 126 valence electrons. The van der Waals surface area contributed by atoms with Gasteiger partial charge in [0.1, 0.15) is 13.7 Å². The van der Waals surface area contributed by atoms with Gasteiger partial charge >= 0.3 is 5.97 Å². The van der Waals surface area contributed by atoms with Crippen molar-refractivity contribution in [3.05, 3.63) is 53.2 Å². The zero-order valence-electron chi connectivity index (χ0n) is 13.1. The maximum atomic E-state index is 11.0. The van der Waals surface area contributed by atoms with Gasteiger partial charge in [0.05, 0.1) is 5.69 Å². The van der Waals surface area contributed by atoms with Crippen molar-refractivity contribution in [3.63, 3.8) is 0 Å². The predicted molar refractivity (Wildman–Crippen MR) is 89.9 cm³/mol. The van der Waals surface area contributed by atoms with Gasteiger partial charge in [-0.25, -0.2) is 9.48 Å². The van der Waals surface area contributed by atoms with Crippen LogP contribution in [0, 0.1) is 0 Å². The molecule has 0 radical (unpaired) electrons. The van der Waals surface area contributed by atoms with Gasteiger partial charge in [0.25, 0.3) is 0 Å². The van der Waals surface area contributed by atoms with Gasteiger partial charge in [0, 0.05) is 17.3 Å². The summed E-state index contributed by atoms with van der Waals surface area (Å²) in [6.07, 6.45) is 3.13. The number of aliphatic carboxylic acids is 1. The highest BCUT2D eigenvalue weighted by molar-refractivity contribution is 6.40. The summed E-state index contributed by atoms with van der Waals surface area (Å²) in [6, 6.07) is 8.93. The number of carboxylic acid groups (broad SMARTS) is 1. The molecule has 0 unspecified atom stereocenters. The number of benzene rings is 1. The lowest BCUT2D eigenvalue weighted by molar-refractivity contribution is -0.129. The largest absolute Gasteiger partial charge is 0.476 e. The van der Waals surface area contributed by atoms with Gasteiger partial charge in [-0.05, 0) is 42.8 Å². The van der Waals surface area contributed by atoms with Crippen LogP contribution in [0.25, 0.3) is 5.69 Å². The highest BCUT2D eigenvalue weighted by Crippen LogP contribution is 2.15. The topological polar surface area (TPSA) is 85.9 Å². The van der Waals surface area contributed by atoms with Crippen molar-refractivity contribution in [2.24, 2.45) is 5.16 Å². The number of oxime groups is 1. The number of aromatic nitrogens is 2. The lowest BCUT2D eigenvalue weighted by Gasteiger charge is -2.04. The monoisotopic (exact) mass is 349 g/mol. The summed E-state index contributed by atoms with van der Waals surface area (Å²) >= 11 is 5.85. The molecule has 1 heterocycles. The Kier molecular flexibility index (Phi) is 5.97. The number of ether oxygens (including phenoxy) is 1. The Morgan fingerprint density at radius 2 is 2.08 bits per heavy atom. The molecule has 1 aromatic heterocycles. The summed E-state index contributed by atoms with van der Waals surface area (Å²) in [5.74, 6) is -0.763. The highest BCUT2D eigenvalue weighted by Gasteiger charge is 2.08. The summed E-state index contributed by atoms with van der Waals surface area (Å²) in [4.78, 5) is 15.4. The quantitative estimate of drug-likeness (QED) is 0.613. The smallest absolute Gasteiger partial charge is 0.357 e. The normalized spacial score (nSPS) is 12.1. The van der Waals surface area contributed by atoms with Crippen LogP contribution in [0.5, 0.6) is 5.88 Å². The van der Waals surface area contributed by atoms with E-state index >= 15 is 0 Å². The van der Waals surface area contributed by atoms with Crippen LogP contribution in [-0.4, -0.2) is 40.3 Å². The van der Waals surface area contributed by atoms with Crippen LogP contribution in [0.2, 0.25) is 5.02 Å². The average Bonchev–Trinajstić information content (AvgIpc) is 3.02. The van der Waals surface area contributed by atoms with E-state index in [0.717, 1.165) is 5.69 Å². The van der Waals surface area contributed by atoms with Crippen molar-refractivity contribution in [1.82, 2.24) is 9.78 Å². The molecule has 0 fully saturated rings. The highest BCUT2D eigenvalue weighted by atomic mass is 35.5. The fourth-order valence-corrected chi connectivity index (χ4v) is 1.94. The van der Waals surface area contributed by atoms with Gasteiger partial charge in [0.15, 0.2) is 5.71 Å². The molecule has 24 heavy (non-hydrogen) atoms. The van der Waals surface area contributed by atoms with E-state index in [1.807, 2.05) is 12.1 Å². The minimum atomic E-state index is -1.18. The summed E-state index contributed by atoms with van der Waals surface area (Å²) < 4.78 is 7.19. The molecule has 0 aliphatic heterocycles. The average molecular weight is 350 g/mol. The van der Waals surface area contributed by atoms with Gasteiger partial charge in [-0.3, -0.25) is 0 Å². The lowest BCUT2D eigenvalue weighted by atomic mass is 10.2. The van der Waals surface area contributed by atoms with E-state index in [1.165, 1.54) is 13.2 Å². The van der Waals surface area contributed by atoms with Crippen molar-refractivity contribution in [1.29, 1.82) is 0 Å². The molecule has 8 heteroatoms. The van der Waals surface area contributed by atoms with E-state index in [1.54, 1.807) is 36.0 Å². The van der Waals surface area contributed by atoms with Crippen LogP contribution in [-0.2, 0) is 9.63 Å². The molecule has 0 bridgehead atoms. The van der Waals surface area contributed by atoms with Crippen molar-refractivity contribution in [2.75, 3.05) is 13.7 Å². The third-order valence-electron chi connectivity index (χ3n) is 2.90. The lowest BCUT2D eigenvalue weighted by Crippen LogP contribution is -2.12. The van der Waals surface area contributed by atoms with E-state index in [0.29, 0.717) is 16.5 Å². The maximum Gasteiger partial charge on any atom is 0.357 e. The van der Waals surface area contributed by atoms with Crippen LogP contribution in [0.1, 0.15) is 6.92 Å². The van der Waals surface area contributed by atoms with Crippen molar-refractivity contribution >= 4 is 23.3 Å². The van der Waals surface area contributed by atoms with Gasteiger partial charge in [-0.2, -0.15) is 0 Å². The standard InChI is InChI=1S/C16H16ClN3O4/c1-11(9-14(16(21)22)19-23-2)10-24-15-7-8-20(18-15)13-5-3-12(17)4-6-13/h3-9H,10H2,1-2H3,(H,21,22). The minimum Gasteiger partial charge on any atom is -0.476 e. The Morgan fingerprint density at radius 1 is 1.38 bits per heavy atom. The third-order valence-corrected chi connectivity index (χ3v) is 3.15. The third kappa shape index (κ3) is 4.85. The number of rotatable bonds is 7. The summed E-state index contributed by atoms with van der Waals surface area (Å²) in [5, 5.41) is 17.3. The van der Waals surface area contributed by atoms with Crippen LogP contribution in [0.3, 0.4) is 0 Å². The molecule has 0 saturated heterocycles. The molecule has 0 atom stereocenters.